The first-order valence-corrected chi connectivity index (χ1v) is 11.5. The van der Waals surface area contributed by atoms with Gasteiger partial charge in [0.2, 0.25) is 10.0 Å². The van der Waals surface area contributed by atoms with Gasteiger partial charge in [0.15, 0.2) is 18.1 Å². The van der Waals surface area contributed by atoms with Crippen LogP contribution in [0, 0.1) is 6.92 Å². The summed E-state index contributed by atoms with van der Waals surface area (Å²) in [6.07, 6.45) is 2.83. The van der Waals surface area contributed by atoms with E-state index >= 15 is 0 Å². The highest BCUT2D eigenvalue weighted by Crippen LogP contribution is 2.30. The first kappa shape index (κ1) is 22.9. The van der Waals surface area contributed by atoms with Crippen LogP contribution in [0.4, 0.5) is 5.69 Å². The van der Waals surface area contributed by atoms with E-state index in [9.17, 15) is 13.2 Å². The monoisotopic (exact) mass is 448 g/mol. The van der Waals surface area contributed by atoms with E-state index in [1.807, 2.05) is 0 Å². The van der Waals surface area contributed by atoms with E-state index in [0.29, 0.717) is 41.6 Å². The Labute approximate surface area is 183 Å². The van der Waals surface area contributed by atoms with Crippen LogP contribution in [0.25, 0.3) is 0 Å². The van der Waals surface area contributed by atoms with Gasteiger partial charge in [0.25, 0.3) is 5.91 Å². The molecule has 0 unspecified atom stereocenters. The zero-order valence-corrected chi connectivity index (χ0v) is 18.8. The number of carbonyl (C=O) groups excluding carboxylic acids is 1. The van der Waals surface area contributed by atoms with Crippen molar-refractivity contribution in [2.24, 2.45) is 0 Å². The third-order valence-corrected chi connectivity index (χ3v) is 7.02. The third-order valence-electron chi connectivity index (χ3n) is 5.13. The molecule has 8 nitrogen and oxygen atoms in total. The van der Waals surface area contributed by atoms with Crippen LogP contribution in [-0.4, -0.2) is 52.5 Å². The standard InChI is InChI=1S/C22H28N2O6S/c1-16-13-18(31(26,27)24-11-5-4-6-12-24)8-10-19(16)30-15-22(25)23-17-7-9-20(28-2)21(14-17)29-3/h7-10,13-14H,4-6,11-12,15H2,1-3H3,(H,23,25). The molecule has 0 aliphatic carbocycles. The maximum Gasteiger partial charge on any atom is 0.262 e. The highest BCUT2D eigenvalue weighted by atomic mass is 32.2. The second kappa shape index (κ2) is 10.0. The number of hydrogen-bond donors (Lipinski definition) is 1. The van der Waals surface area contributed by atoms with Crippen LogP contribution in [0.1, 0.15) is 24.8 Å². The predicted octanol–water partition coefficient (Wildman–Crippen LogP) is 3.20. The molecule has 9 heteroatoms. The lowest BCUT2D eigenvalue weighted by molar-refractivity contribution is -0.118. The zero-order valence-electron chi connectivity index (χ0n) is 18.0. The number of benzene rings is 2. The molecule has 0 bridgehead atoms. The van der Waals surface area contributed by atoms with Crippen LogP contribution in [0.5, 0.6) is 17.2 Å². The van der Waals surface area contributed by atoms with Gasteiger partial charge in [-0.2, -0.15) is 4.31 Å². The maximum atomic E-state index is 12.8. The minimum Gasteiger partial charge on any atom is -0.493 e. The molecule has 1 fully saturated rings. The number of methoxy groups -OCH3 is 2. The van der Waals surface area contributed by atoms with Gasteiger partial charge < -0.3 is 19.5 Å². The summed E-state index contributed by atoms with van der Waals surface area (Å²) in [6, 6.07) is 9.76. The quantitative estimate of drug-likeness (QED) is 0.667. The van der Waals surface area contributed by atoms with Crippen molar-refractivity contribution in [1.82, 2.24) is 4.31 Å². The van der Waals surface area contributed by atoms with Gasteiger partial charge in [-0.3, -0.25) is 4.79 Å². The smallest absolute Gasteiger partial charge is 0.262 e. The summed E-state index contributed by atoms with van der Waals surface area (Å²) in [7, 11) is -0.454. The van der Waals surface area contributed by atoms with Gasteiger partial charge in [-0.1, -0.05) is 6.42 Å². The number of nitrogens with zero attached hydrogens (tertiary/aromatic N) is 1. The van der Waals surface area contributed by atoms with Crippen molar-refractivity contribution in [3.63, 3.8) is 0 Å². The van der Waals surface area contributed by atoms with Crippen molar-refractivity contribution in [2.75, 3.05) is 39.2 Å². The van der Waals surface area contributed by atoms with Crippen molar-refractivity contribution in [2.45, 2.75) is 31.1 Å². The topological polar surface area (TPSA) is 94.2 Å². The summed E-state index contributed by atoms with van der Waals surface area (Å²) in [6.45, 7) is 2.65. The SMILES string of the molecule is COc1ccc(NC(=O)COc2ccc(S(=O)(=O)N3CCCCC3)cc2C)cc1OC. The number of sulfonamides is 1. The second-order valence-electron chi connectivity index (χ2n) is 7.30. The van der Waals surface area contributed by atoms with Crippen LogP contribution in [0.2, 0.25) is 0 Å². The number of carbonyl (C=O) groups is 1. The molecule has 2 aromatic carbocycles. The average Bonchev–Trinajstić information content (AvgIpc) is 2.78. The van der Waals surface area contributed by atoms with E-state index in [1.165, 1.54) is 24.6 Å². The molecule has 1 amide bonds. The predicted molar refractivity (Wildman–Crippen MR) is 117 cm³/mol. The Morgan fingerprint density at radius 1 is 0.968 bits per heavy atom. The van der Waals surface area contributed by atoms with Crippen LogP contribution in [-0.2, 0) is 14.8 Å². The Balaban J connectivity index is 1.62. The molecule has 1 saturated heterocycles. The van der Waals surface area contributed by atoms with Crippen LogP contribution < -0.4 is 19.5 Å². The minimum atomic E-state index is -3.51. The fourth-order valence-electron chi connectivity index (χ4n) is 3.45. The molecule has 168 valence electrons. The van der Waals surface area contributed by atoms with Gasteiger partial charge in [-0.25, -0.2) is 8.42 Å². The van der Waals surface area contributed by atoms with Crippen molar-refractivity contribution in [3.05, 3.63) is 42.0 Å². The lowest BCUT2D eigenvalue weighted by atomic mass is 10.2. The number of rotatable bonds is 8. The molecule has 1 N–H and O–H groups in total. The second-order valence-corrected chi connectivity index (χ2v) is 9.24. The van der Waals surface area contributed by atoms with Gasteiger partial charge in [-0.15, -0.1) is 0 Å². The molecule has 0 radical (unpaired) electrons. The number of ether oxygens (including phenoxy) is 3. The average molecular weight is 449 g/mol. The van der Waals surface area contributed by atoms with E-state index in [0.717, 1.165) is 19.3 Å². The van der Waals surface area contributed by atoms with Crippen LogP contribution >= 0.6 is 0 Å². The molecule has 31 heavy (non-hydrogen) atoms. The summed E-state index contributed by atoms with van der Waals surface area (Å²) in [5.41, 5.74) is 1.20. The summed E-state index contributed by atoms with van der Waals surface area (Å²) < 4.78 is 43.2. The molecule has 0 saturated carbocycles. The van der Waals surface area contributed by atoms with E-state index in [-0.39, 0.29) is 17.4 Å². The van der Waals surface area contributed by atoms with Gasteiger partial charge in [0.1, 0.15) is 5.75 Å². The Bertz CT molecular complexity index is 1030. The largest absolute Gasteiger partial charge is 0.493 e. The van der Waals surface area contributed by atoms with Gasteiger partial charge in [0, 0.05) is 24.8 Å². The molecule has 3 rings (SSSR count). The Kier molecular flexibility index (Phi) is 7.40. The molecule has 0 aromatic heterocycles. The number of anilines is 1. The Morgan fingerprint density at radius 3 is 2.29 bits per heavy atom. The van der Waals surface area contributed by atoms with E-state index in [2.05, 4.69) is 5.32 Å². The number of aryl methyl sites for hydroxylation is 1. The third kappa shape index (κ3) is 5.48. The molecule has 1 aliphatic rings. The lowest BCUT2D eigenvalue weighted by Gasteiger charge is -2.26. The number of nitrogens with one attached hydrogen (secondary N) is 1. The first-order valence-electron chi connectivity index (χ1n) is 10.1. The lowest BCUT2D eigenvalue weighted by Crippen LogP contribution is -2.35. The number of piperidine rings is 1. The normalized spacial score (nSPS) is 14.7. The fraction of sp³-hybridized carbons (Fsp3) is 0.409. The molecule has 0 spiro atoms. The fourth-order valence-corrected chi connectivity index (χ4v) is 5.06. The van der Waals surface area contributed by atoms with Gasteiger partial charge in [-0.05, 0) is 55.7 Å². The first-order chi connectivity index (χ1) is 14.8. The summed E-state index contributed by atoms with van der Waals surface area (Å²) in [4.78, 5) is 12.5. The summed E-state index contributed by atoms with van der Waals surface area (Å²) >= 11 is 0. The summed E-state index contributed by atoms with van der Waals surface area (Å²) in [5.74, 6) is 1.17. The maximum absolute atomic E-state index is 12.8. The van der Waals surface area contributed by atoms with Gasteiger partial charge >= 0.3 is 0 Å². The van der Waals surface area contributed by atoms with Gasteiger partial charge in [0.05, 0.1) is 19.1 Å². The summed E-state index contributed by atoms with van der Waals surface area (Å²) in [5, 5.41) is 2.73. The zero-order chi connectivity index (χ0) is 22.4. The molecule has 0 atom stereocenters. The Hall–Kier alpha value is -2.78. The molecule has 1 heterocycles. The van der Waals surface area contributed by atoms with Crippen LogP contribution in [0.3, 0.4) is 0 Å². The number of hydrogen-bond acceptors (Lipinski definition) is 6. The van der Waals surface area contributed by atoms with Crippen LogP contribution in [0.15, 0.2) is 41.3 Å². The molecule has 1 aliphatic heterocycles. The van der Waals surface area contributed by atoms with Crippen molar-refractivity contribution in [3.8, 4) is 17.2 Å². The van der Waals surface area contributed by atoms with Crippen molar-refractivity contribution < 1.29 is 27.4 Å². The highest BCUT2D eigenvalue weighted by Gasteiger charge is 2.26. The highest BCUT2D eigenvalue weighted by molar-refractivity contribution is 7.89. The van der Waals surface area contributed by atoms with E-state index in [4.69, 9.17) is 14.2 Å². The minimum absolute atomic E-state index is 0.215. The van der Waals surface area contributed by atoms with E-state index in [1.54, 1.807) is 37.3 Å². The van der Waals surface area contributed by atoms with Crippen molar-refractivity contribution >= 4 is 21.6 Å². The molecular weight excluding hydrogens is 420 g/mol. The molecule has 2 aromatic rings. The van der Waals surface area contributed by atoms with E-state index < -0.39 is 10.0 Å². The Morgan fingerprint density at radius 2 is 1.65 bits per heavy atom. The number of amides is 1. The molecular formula is C22H28N2O6S. The van der Waals surface area contributed by atoms with Crippen molar-refractivity contribution in [1.29, 1.82) is 0 Å².